The molecule has 4 bridgehead atoms. The molecule has 2 aliphatic heterocycles. The van der Waals surface area contributed by atoms with Crippen LogP contribution >= 0.6 is 0 Å². The largest absolute Gasteiger partial charge is 0.476 e. The van der Waals surface area contributed by atoms with Crippen molar-refractivity contribution in [3.05, 3.63) is 40.3 Å². The van der Waals surface area contributed by atoms with Gasteiger partial charge in [-0.05, 0) is 68.9 Å². The summed E-state index contributed by atoms with van der Waals surface area (Å²) in [6.07, 6.45) is 13.9. The number of nitrogens with zero attached hydrogens (tertiary/aromatic N) is 4. The Morgan fingerprint density at radius 1 is 0.944 bits per heavy atom. The molecule has 36 heavy (non-hydrogen) atoms. The molecule has 1 aromatic carbocycles. The molecule has 6 rings (SSSR count). The molecule has 4 fully saturated rings. The molecule has 2 saturated heterocycles. The number of piperidine rings is 1. The molecular weight excluding hydrogens is 456 g/mol. The first-order valence-corrected chi connectivity index (χ1v) is 13.7. The van der Waals surface area contributed by atoms with Gasteiger partial charge in [0, 0.05) is 24.2 Å². The minimum Gasteiger partial charge on any atom is -0.476 e. The zero-order valence-electron chi connectivity index (χ0n) is 21.0. The summed E-state index contributed by atoms with van der Waals surface area (Å²) in [4.78, 5) is 37.7. The van der Waals surface area contributed by atoms with Crippen molar-refractivity contribution >= 4 is 22.7 Å². The van der Waals surface area contributed by atoms with E-state index in [1.165, 1.54) is 64.9 Å². The Kier molecular flexibility index (Phi) is 6.32. The quantitative estimate of drug-likeness (QED) is 0.492. The molecule has 8 heteroatoms. The second-order valence-corrected chi connectivity index (χ2v) is 11.4. The average Bonchev–Trinajstić information content (AvgIpc) is 3.02. The van der Waals surface area contributed by atoms with Gasteiger partial charge in [0.15, 0.2) is 5.69 Å². The predicted octanol–water partition coefficient (Wildman–Crippen LogP) is 4.36. The van der Waals surface area contributed by atoms with Gasteiger partial charge in [-0.3, -0.25) is 9.69 Å². The molecule has 0 radical (unpaired) electrons. The Balaban J connectivity index is 1.34. The van der Waals surface area contributed by atoms with Crippen molar-refractivity contribution in [2.45, 2.75) is 94.8 Å². The number of oxime groups is 1. The summed E-state index contributed by atoms with van der Waals surface area (Å²) in [5.74, 6) is 0.450. The summed E-state index contributed by atoms with van der Waals surface area (Å²) in [6, 6.07) is 9.17. The lowest BCUT2D eigenvalue weighted by Gasteiger charge is -2.48. The Labute approximate surface area is 211 Å². The van der Waals surface area contributed by atoms with Crippen LogP contribution in [0.5, 0.6) is 0 Å². The van der Waals surface area contributed by atoms with Crippen LogP contribution in [0.4, 0.5) is 0 Å². The number of carboxylic acid groups (broad SMARTS) is 1. The Bertz CT molecular complexity index is 1210. The van der Waals surface area contributed by atoms with Gasteiger partial charge in [-0.25, -0.2) is 9.78 Å². The summed E-state index contributed by atoms with van der Waals surface area (Å²) >= 11 is 0. The highest BCUT2D eigenvalue weighted by Crippen LogP contribution is 2.47. The van der Waals surface area contributed by atoms with Crippen LogP contribution in [0, 0.1) is 11.8 Å². The normalized spacial score (nSPS) is 32.9. The molecular formula is C28H36N4O4. The number of hydrogen-bond donors (Lipinski definition) is 1. The van der Waals surface area contributed by atoms with Gasteiger partial charge in [0.05, 0.1) is 11.0 Å². The van der Waals surface area contributed by atoms with Gasteiger partial charge in [0.2, 0.25) is 5.71 Å². The fraction of sp³-hybridized carbons (Fsp3) is 0.643. The van der Waals surface area contributed by atoms with Crippen molar-refractivity contribution < 1.29 is 14.7 Å². The molecule has 2 saturated carbocycles. The van der Waals surface area contributed by atoms with Gasteiger partial charge in [0.1, 0.15) is 7.11 Å². The van der Waals surface area contributed by atoms with Gasteiger partial charge >= 0.3 is 5.97 Å². The average molecular weight is 493 g/mol. The van der Waals surface area contributed by atoms with E-state index >= 15 is 0 Å². The summed E-state index contributed by atoms with van der Waals surface area (Å²) in [6.45, 7) is 0. The standard InChI is InChI=1S/C28H36N4O4/c1-36-30-26(28(34)35)25-27(33)32(24-9-5-4-8-23(24)29-25)22-15-19-10-11-20(16-22)31(19)21-13-17-6-2-3-7-18(12-17)14-21/h4-5,8-9,17-22H,2-3,6-7,10-16H2,1H3,(H,34,35)/b30-26-/t17-,18+,19-,20+,21-,22+. The van der Waals surface area contributed by atoms with E-state index in [9.17, 15) is 14.7 Å². The second kappa shape index (κ2) is 9.61. The lowest BCUT2D eigenvalue weighted by atomic mass is 9.76. The molecule has 4 aliphatic rings. The zero-order chi connectivity index (χ0) is 24.8. The molecule has 0 unspecified atom stereocenters. The number of benzene rings is 1. The molecule has 6 atom stereocenters. The fourth-order valence-corrected chi connectivity index (χ4v) is 8.05. The van der Waals surface area contributed by atoms with E-state index in [1.54, 1.807) is 0 Å². The third-order valence-electron chi connectivity index (χ3n) is 9.31. The van der Waals surface area contributed by atoms with E-state index < -0.39 is 17.2 Å². The Morgan fingerprint density at radius 3 is 2.25 bits per heavy atom. The minimum absolute atomic E-state index is 0.0151. The van der Waals surface area contributed by atoms with Crippen LogP contribution in [0.1, 0.15) is 82.4 Å². The third-order valence-corrected chi connectivity index (χ3v) is 9.31. The molecule has 0 spiro atoms. The van der Waals surface area contributed by atoms with E-state index in [4.69, 9.17) is 4.84 Å². The monoisotopic (exact) mass is 492 g/mol. The maximum Gasteiger partial charge on any atom is 0.360 e. The maximum atomic E-state index is 13.8. The van der Waals surface area contributed by atoms with E-state index in [1.807, 2.05) is 28.8 Å². The summed E-state index contributed by atoms with van der Waals surface area (Å²) < 4.78 is 1.81. The smallest absolute Gasteiger partial charge is 0.360 e. The number of fused-ring (bicyclic) bond motifs is 5. The first kappa shape index (κ1) is 23.6. The predicted molar refractivity (Wildman–Crippen MR) is 137 cm³/mol. The topological polar surface area (TPSA) is 97.0 Å². The molecule has 3 heterocycles. The van der Waals surface area contributed by atoms with Crippen molar-refractivity contribution in [2.24, 2.45) is 17.0 Å². The number of rotatable bonds is 5. The van der Waals surface area contributed by atoms with Gasteiger partial charge in [0.25, 0.3) is 5.56 Å². The van der Waals surface area contributed by atoms with Crippen LogP contribution in [0.3, 0.4) is 0 Å². The SMILES string of the molecule is CO/N=C(\C(=O)O)c1nc2ccccc2n([C@H]2C[C@H]3CC[C@@H](C2)N3[C@@H]2C[C@@H]3CCCC[C@@H](C3)C2)c1=O. The van der Waals surface area contributed by atoms with Crippen LogP contribution in [-0.4, -0.2) is 56.5 Å². The number of para-hydroxylation sites is 2. The summed E-state index contributed by atoms with van der Waals surface area (Å²) in [5.41, 5.74) is 0.355. The maximum absolute atomic E-state index is 13.8. The van der Waals surface area contributed by atoms with E-state index in [0.717, 1.165) is 30.2 Å². The Morgan fingerprint density at radius 2 is 1.61 bits per heavy atom. The fourth-order valence-electron chi connectivity index (χ4n) is 8.05. The van der Waals surface area contributed by atoms with Crippen molar-refractivity contribution in [3.8, 4) is 0 Å². The van der Waals surface area contributed by atoms with Crippen LogP contribution in [0.15, 0.2) is 34.2 Å². The molecule has 8 nitrogen and oxygen atoms in total. The van der Waals surface area contributed by atoms with Crippen molar-refractivity contribution in [1.82, 2.24) is 14.5 Å². The summed E-state index contributed by atoms with van der Waals surface area (Å²) in [7, 11) is 1.28. The van der Waals surface area contributed by atoms with Crippen LogP contribution in [0.2, 0.25) is 0 Å². The highest BCUT2D eigenvalue weighted by atomic mass is 16.6. The van der Waals surface area contributed by atoms with Crippen LogP contribution in [-0.2, 0) is 9.63 Å². The van der Waals surface area contributed by atoms with Gasteiger partial charge in [-0.1, -0.05) is 43.0 Å². The summed E-state index contributed by atoms with van der Waals surface area (Å²) in [5, 5.41) is 13.3. The second-order valence-electron chi connectivity index (χ2n) is 11.4. The van der Waals surface area contributed by atoms with Crippen molar-refractivity contribution in [2.75, 3.05) is 7.11 Å². The third kappa shape index (κ3) is 4.13. The number of carbonyl (C=O) groups is 1. The van der Waals surface area contributed by atoms with Crippen molar-refractivity contribution in [3.63, 3.8) is 0 Å². The highest BCUT2D eigenvalue weighted by Gasteiger charge is 2.47. The molecule has 2 aromatic rings. The Hall–Kier alpha value is -2.74. The molecule has 1 N–H and O–H groups in total. The van der Waals surface area contributed by atoms with Gasteiger partial charge in [-0.2, -0.15) is 0 Å². The zero-order valence-corrected chi connectivity index (χ0v) is 21.0. The number of hydrogen-bond acceptors (Lipinski definition) is 6. The molecule has 192 valence electrons. The van der Waals surface area contributed by atoms with Crippen LogP contribution < -0.4 is 5.56 Å². The van der Waals surface area contributed by atoms with Gasteiger partial charge in [-0.15, -0.1) is 0 Å². The van der Waals surface area contributed by atoms with Crippen LogP contribution in [0.25, 0.3) is 11.0 Å². The molecule has 0 amide bonds. The molecule has 2 aliphatic carbocycles. The van der Waals surface area contributed by atoms with E-state index in [0.29, 0.717) is 23.6 Å². The first-order valence-electron chi connectivity index (χ1n) is 13.7. The number of aromatic nitrogens is 2. The van der Waals surface area contributed by atoms with E-state index in [-0.39, 0.29) is 11.7 Å². The number of carboxylic acids is 1. The number of aliphatic carboxylic acids is 1. The van der Waals surface area contributed by atoms with Gasteiger partial charge < -0.3 is 14.5 Å². The van der Waals surface area contributed by atoms with Crippen molar-refractivity contribution in [1.29, 1.82) is 0 Å². The lowest BCUT2D eigenvalue weighted by molar-refractivity contribution is -0.129. The first-order chi connectivity index (χ1) is 17.5. The minimum atomic E-state index is -1.32. The highest BCUT2D eigenvalue weighted by molar-refractivity contribution is 6.41. The molecule has 1 aromatic heterocycles. The van der Waals surface area contributed by atoms with E-state index in [2.05, 4.69) is 15.0 Å². The lowest BCUT2D eigenvalue weighted by Crippen LogP contribution is -2.52.